The van der Waals surface area contributed by atoms with Crippen molar-refractivity contribution in [3.05, 3.63) is 47.7 Å². The fraction of sp³-hybridized carbons (Fsp3) is 0.385. The van der Waals surface area contributed by atoms with Crippen LogP contribution in [-0.2, 0) is 0 Å². The van der Waals surface area contributed by atoms with Crippen LogP contribution in [-0.4, -0.2) is 61.5 Å². The summed E-state index contributed by atoms with van der Waals surface area (Å²) in [4.78, 5) is 20.4. The van der Waals surface area contributed by atoms with Gasteiger partial charge in [0.1, 0.15) is 11.5 Å². The minimum atomic E-state index is -0.924. The van der Waals surface area contributed by atoms with Gasteiger partial charge in [0.2, 0.25) is 0 Å². The van der Waals surface area contributed by atoms with E-state index in [0.717, 1.165) is 48.0 Å². The van der Waals surface area contributed by atoms with E-state index in [-0.39, 0.29) is 6.04 Å². The molecule has 2 aromatic carbocycles. The Labute approximate surface area is 199 Å². The molecule has 0 aliphatic carbocycles. The number of rotatable bonds is 6. The average Bonchev–Trinajstić information content (AvgIpc) is 2.83. The molecule has 8 nitrogen and oxygen atoms in total. The van der Waals surface area contributed by atoms with Crippen LogP contribution < -0.4 is 19.1 Å². The zero-order valence-corrected chi connectivity index (χ0v) is 20.3. The first-order chi connectivity index (χ1) is 16.3. The van der Waals surface area contributed by atoms with Gasteiger partial charge in [0.25, 0.3) is 0 Å². The third-order valence-electron chi connectivity index (χ3n) is 6.65. The number of amides is 1. The average molecular weight is 466 g/mol. The number of likely N-dealkylation sites (tertiary alicyclic amines) is 1. The van der Waals surface area contributed by atoms with Crippen molar-refractivity contribution in [3.8, 4) is 23.0 Å². The quantitative estimate of drug-likeness (QED) is 0.533. The van der Waals surface area contributed by atoms with Crippen LogP contribution in [0.2, 0.25) is 0 Å². The fourth-order valence-electron chi connectivity index (χ4n) is 4.52. The summed E-state index contributed by atoms with van der Waals surface area (Å²) in [5.41, 5.74) is 3.21. The van der Waals surface area contributed by atoms with E-state index in [1.807, 2.05) is 38.1 Å². The molecule has 4 rings (SSSR count). The molecular weight excluding hydrogens is 434 g/mol. The van der Waals surface area contributed by atoms with Crippen LogP contribution in [0.5, 0.6) is 23.0 Å². The van der Waals surface area contributed by atoms with E-state index in [9.17, 15) is 9.90 Å². The Hall–Kier alpha value is -3.52. The van der Waals surface area contributed by atoms with Crippen molar-refractivity contribution in [2.75, 3.05) is 39.3 Å². The number of pyridine rings is 1. The lowest BCUT2D eigenvalue weighted by molar-refractivity contribution is 0.189. The van der Waals surface area contributed by atoms with Crippen LogP contribution in [0.15, 0.2) is 36.5 Å². The van der Waals surface area contributed by atoms with Gasteiger partial charge in [0.15, 0.2) is 11.5 Å². The van der Waals surface area contributed by atoms with Crippen molar-refractivity contribution in [3.63, 3.8) is 0 Å². The first kappa shape index (κ1) is 23.6. The predicted octanol–water partition coefficient (Wildman–Crippen LogP) is 5.24. The molecule has 180 valence electrons. The number of carbonyl (C=O) groups is 1. The summed E-state index contributed by atoms with van der Waals surface area (Å²) in [7, 11) is 5.24. The van der Waals surface area contributed by atoms with Gasteiger partial charge < -0.3 is 24.2 Å². The molecule has 0 unspecified atom stereocenters. The number of aromatic nitrogens is 1. The summed E-state index contributed by atoms with van der Waals surface area (Å²) in [5, 5.41) is 10.8. The van der Waals surface area contributed by atoms with Crippen molar-refractivity contribution in [2.45, 2.75) is 32.7 Å². The highest BCUT2D eigenvalue weighted by Crippen LogP contribution is 2.39. The molecule has 1 fully saturated rings. The van der Waals surface area contributed by atoms with E-state index in [0.29, 0.717) is 28.7 Å². The number of methoxy groups -OCH3 is 2. The van der Waals surface area contributed by atoms with E-state index in [4.69, 9.17) is 14.2 Å². The van der Waals surface area contributed by atoms with E-state index in [2.05, 4.69) is 16.9 Å². The van der Waals surface area contributed by atoms with Gasteiger partial charge in [-0.3, -0.25) is 9.88 Å². The number of nitrogens with zero attached hydrogens (tertiary/aromatic N) is 3. The van der Waals surface area contributed by atoms with Gasteiger partial charge >= 0.3 is 6.09 Å². The first-order valence-corrected chi connectivity index (χ1v) is 11.3. The highest BCUT2D eigenvalue weighted by atomic mass is 16.5. The lowest BCUT2D eigenvalue weighted by Gasteiger charge is -2.36. The van der Waals surface area contributed by atoms with E-state index >= 15 is 0 Å². The van der Waals surface area contributed by atoms with E-state index in [1.54, 1.807) is 26.5 Å². The molecule has 34 heavy (non-hydrogen) atoms. The lowest BCUT2D eigenvalue weighted by atomic mass is 10.00. The molecule has 1 aliphatic heterocycles. The van der Waals surface area contributed by atoms with Crippen molar-refractivity contribution < 1.29 is 24.1 Å². The molecule has 0 saturated carbocycles. The van der Waals surface area contributed by atoms with Gasteiger partial charge in [0.05, 0.1) is 25.4 Å². The number of carboxylic acid groups (broad SMARTS) is 1. The summed E-state index contributed by atoms with van der Waals surface area (Å²) in [6.45, 7) is 5.67. The maximum Gasteiger partial charge on any atom is 0.412 e. The predicted molar refractivity (Wildman–Crippen MR) is 132 cm³/mol. The Balaban J connectivity index is 1.69. The molecule has 2 heterocycles. The summed E-state index contributed by atoms with van der Waals surface area (Å²) in [5.74, 6) is 2.48. The number of benzene rings is 2. The third kappa shape index (κ3) is 4.46. The standard InChI is InChI=1S/C26H31N3O5/c1-16-17(2)22(7-6-21(16)29(26(30)31)18-9-12-28(3)13-10-18)34-23-8-11-27-20-15-25(33-5)24(32-4)14-19(20)23/h6-8,11,14-15,18H,9-10,12-13H2,1-5H3,(H,30,31). The highest BCUT2D eigenvalue weighted by molar-refractivity contribution is 5.89. The van der Waals surface area contributed by atoms with Crippen LogP contribution in [0.3, 0.4) is 0 Å². The minimum Gasteiger partial charge on any atom is -0.493 e. The van der Waals surface area contributed by atoms with Crippen molar-refractivity contribution in [2.24, 2.45) is 0 Å². The molecule has 0 bridgehead atoms. The number of piperidine rings is 1. The van der Waals surface area contributed by atoms with Crippen LogP contribution in [0, 0.1) is 13.8 Å². The van der Waals surface area contributed by atoms with Crippen molar-refractivity contribution >= 4 is 22.7 Å². The van der Waals surface area contributed by atoms with Gasteiger partial charge in [0, 0.05) is 23.7 Å². The van der Waals surface area contributed by atoms with Crippen LogP contribution in [0.25, 0.3) is 10.9 Å². The molecule has 0 radical (unpaired) electrons. The number of hydrogen-bond donors (Lipinski definition) is 1. The topological polar surface area (TPSA) is 84.4 Å². The molecule has 1 aliphatic rings. The largest absolute Gasteiger partial charge is 0.493 e. The van der Waals surface area contributed by atoms with Crippen LogP contribution in [0.1, 0.15) is 24.0 Å². The van der Waals surface area contributed by atoms with Crippen molar-refractivity contribution in [1.82, 2.24) is 9.88 Å². The Morgan fingerprint density at radius 2 is 1.68 bits per heavy atom. The van der Waals surface area contributed by atoms with Crippen LogP contribution in [0.4, 0.5) is 10.5 Å². The van der Waals surface area contributed by atoms with Gasteiger partial charge in [-0.1, -0.05) is 0 Å². The molecule has 0 atom stereocenters. The second-order valence-electron chi connectivity index (χ2n) is 8.66. The zero-order chi connectivity index (χ0) is 24.4. The molecular formula is C26H31N3O5. The second-order valence-corrected chi connectivity index (χ2v) is 8.66. The Bertz CT molecular complexity index is 1200. The Kier molecular flexibility index (Phi) is 6.79. The second kappa shape index (κ2) is 9.77. The third-order valence-corrected chi connectivity index (χ3v) is 6.65. The highest BCUT2D eigenvalue weighted by Gasteiger charge is 2.29. The van der Waals surface area contributed by atoms with E-state index in [1.165, 1.54) is 4.90 Å². The molecule has 1 aromatic heterocycles. The summed E-state index contributed by atoms with van der Waals surface area (Å²) in [6.07, 6.45) is 2.39. The SMILES string of the molecule is COc1cc2nccc(Oc3ccc(N(C(=O)O)C4CCN(C)CC4)c(C)c3C)c2cc1OC. The molecule has 3 aromatic rings. The first-order valence-electron chi connectivity index (χ1n) is 11.3. The van der Waals surface area contributed by atoms with E-state index < -0.39 is 6.09 Å². The monoisotopic (exact) mass is 465 g/mol. The number of hydrogen-bond acceptors (Lipinski definition) is 6. The van der Waals surface area contributed by atoms with Gasteiger partial charge in [-0.2, -0.15) is 0 Å². The van der Waals surface area contributed by atoms with Gasteiger partial charge in [-0.25, -0.2) is 4.79 Å². The number of ether oxygens (including phenoxy) is 3. The maximum atomic E-state index is 12.2. The Morgan fingerprint density at radius 3 is 2.32 bits per heavy atom. The Morgan fingerprint density at radius 1 is 1.00 bits per heavy atom. The maximum absolute atomic E-state index is 12.2. The molecule has 8 heteroatoms. The zero-order valence-electron chi connectivity index (χ0n) is 20.3. The van der Waals surface area contributed by atoms with Crippen LogP contribution >= 0.6 is 0 Å². The molecule has 1 N–H and O–H groups in total. The molecule has 0 spiro atoms. The summed E-state index contributed by atoms with van der Waals surface area (Å²) in [6, 6.07) is 9.12. The smallest absolute Gasteiger partial charge is 0.412 e. The normalized spacial score (nSPS) is 14.7. The van der Waals surface area contributed by atoms with Gasteiger partial charge in [-0.15, -0.1) is 0 Å². The lowest BCUT2D eigenvalue weighted by Crippen LogP contribution is -2.46. The summed E-state index contributed by atoms with van der Waals surface area (Å²) < 4.78 is 17.2. The van der Waals surface area contributed by atoms with Crippen molar-refractivity contribution in [1.29, 1.82) is 0 Å². The molecule has 1 saturated heterocycles. The number of fused-ring (bicyclic) bond motifs is 1. The molecule has 1 amide bonds. The minimum absolute atomic E-state index is 0.0369. The fourth-order valence-corrected chi connectivity index (χ4v) is 4.52. The van der Waals surface area contributed by atoms with Gasteiger partial charge in [-0.05, 0) is 82.2 Å². The summed E-state index contributed by atoms with van der Waals surface area (Å²) >= 11 is 0. The number of anilines is 1.